The number of carbonyl (C=O) groups excluding carboxylic acids is 1. The average Bonchev–Trinajstić information content (AvgIpc) is 2.92. The van der Waals surface area contributed by atoms with Crippen molar-refractivity contribution in [3.63, 3.8) is 0 Å². The van der Waals surface area contributed by atoms with Crippen LogP contribution in [-0.2, 0) is 27.3 Å². The second-order valence-electron chi connectivity index (χ2n) is 10.8. The summed E-state index contributed by atoms with van der Waals surface area (Å²) in [6, 6.07) is 23.8. The zero-order chi connectivity index (χ0) is 28.5. The van der Waals surface area contributed by atoms with Crippen LogP contribution in [0.1, 0.15) is 48.0 Å². The van der Waals surface area contributed by atoms with Gasteiger partial charge in [-0.2, -0.15) is 0 Å². The van der Waals surface area contributed by atoms with E-state index in [1.54, 1.807) is 0 Å². The summed E-state index contributed by atoms with van der Waals surface area (Å²) >= 11 is 0. The Kier molecular flexibility index (Phi) is 12.4. The number of rotatable bonds is 16. The molecule has 1 atom stereocenters. The van der Waals surface area contributed by atoms with Crippen LogP contribution in [0.5, 0.6) is 0 Å². The van der Waals surface area contributed by atoms with Gasteiger partial charge in [-0.15, -0.1) is 0 Å². The van der Waals surface area contributed by atoms with Gasteiger partial charge < -0.3 is 17.9 Å². The molecule has 0 saturated carbocycles. The fourth-order valence-corrected chi connectivity index (χ4v) is 13.6. The first kappa shape index (κ1) is 32.8. The smallest absolute Gasteiger partial charge is 0.337 e. The summed E-state index contributed by atoms with van der Waals surface area (Å²) in [4.78, 5) is 13.2. The van der Waals surface area contributed by atoms with E-state index >= 15 is 0 Å². The minimum absolute atomic E-state index is 0.101. The molecule has 0 unspecified atom stereocenters. The highest BCUT2D eigenvalue weighted by Gasteiger charge is 2.50. The second kappa shape index (κ2) is 14.3. The van der Waals surface area contributed by atoms with E-state index in [1.165, 1.54) is 24.6 Å². The SMILES string of the molecule is CC[Si](CC)(CC)O[C@H](CO[Si](c1ccccc1)(c1ccccc1)C(C)(C)C)CC(=O)CP(=O)(OC)OC. The monoisotopic (exact) mass is 578 g/mol. The predicted molar refractivity (Wildman–Crippen MR) is 162 cm³/mol. The molecule has 2 rings (SSSR count). The summed E-state index contributed by atoms with van der Waals surface area (Å²) in [6.07, 6.45) is -0.625. The maximum absolute atomic E-state index is 13.2. The van der Waals surface area contributed by atoms with Crippen LogP contribution in [0.4, 0.5) is 0 Å². The maximum Gasteiger partial charge on any atom is 0.337 e. The van der Waals surface area contributed by atoms with Gasteiger partial charge in [0.2, 0.25) is 0 Å². The van der Waals surface area contributed by atoms with Crippen molar-refractivity contribution in [3.8, 4) is 0 Å². The zero-order valence-electron chi connectivity index (χ0n) is 24.5. The molecule has 0 bridgehead atoms. The zero-order valence-corrected chi connectivity index (χ0v) is 27.4. The third kappa shape index (κ3) is 7.84. The van der Waals surface area contributed by atoms with Gasteiger partial charge in [0, 0.05) is 20.6 Å². The molecule has 0 heterocycles. The summed E-state index contributed by atoms with van der Waals surface area (Å²) in [5, 5.41) is 2.16. The molecule has 2 aromatic carbocycles. The molecule has 9 heteroatoms. The lowest BCUT2D eigenvalue weighted by Gasteiger charge is -2.44. The first-order valence-electron chi connectivity index (χ1n) is 13.6. The van der Waals surface area contributed by atoms with Gasteiger partial charge in [0.25, 0.3) is 8.32 Å². The number of Topliss-reactive ketones (excluding diaryl/α,β-unsaturated/α-hetero) is 1. The number of hydrogen-bond donors (Lipinski definition) is 0. The van der Waals surface area contributed by atoms with Gasteiger partial charge in [-0.3, -0.25) is 9.36 Å². The average molecular weight is 579 g/mol. The Morgan fingerprint density at radius 1 is 0.842 bits per heavy atom. The molecule has 0 N–H and O–H groups in total. The molecule has 0 amide bonds. The minimum Gasteiger partial charge on any atom is -0.411 e. The van der Waals surface area contributed by atoms with Crippen LogP contribution in [-0.4, -0.2) is 55.5 Å². The van der Waals surface area contributed by atoms with E-state index in [4.69, 9.17) is 17.9 Å². The van der Waals surface area contributed by atoms with E-state index in [1.807, 2.05) is 12.1 Å². The molecular weight excluding hydrogens is 531 g/mol. The molecule has 0 spiro atoms. The molecule has 38 heavy (non-hydrogen) atoms. The molecular formula is C29H47O6PSi2. The van der Waals surface area contributed by atoms with Gasteiger partial charge >= 0.3 is 7.60 Å². The molecule has 0 saturated heterocycles. The predicted octanol–water partition coefficient (Wildman–Crippen LogP) is 6.40. The fraction of sp³-hybridized carbons (Fsp3) is 0.552. The van der Waals surface area contributed by atoms with Gasteiger partial charge in [0.1, 0.15) is 11.9 Å². The van der Waals surface area contributed by atoms with Crippen molar-refractivity contribution in [2.24, 2.45) is 0 Å². The van der Waals surface area contributed by atoms with E-state index in [9.17, 15) is 9.36 Å². The van der Waals surface area contributed by atoms with E-state index in [2.05, 4.69) is 90.1 Å². The first-order valence-corrected chi connectivity index (χ1v) is 19.8. The third-order valence-electron chi connectivity index (χ3n) is 7.63. The third-order valence-corrected chi connectivity index (χ3v) is 19.2. The van der Waals surface area contributed by atoms with Gasteiger partial charge in [-0.25, -0.2) is 0 Å². The van der Waals surface area contributed by atoms with Crippen LogP contribution >= 0.6 is 7.60 Å². The lowest BCUT2D eigenvalue weighted by molar-refractivity contribution is -0.119. The van der Waals surface area contributed by atoms with Crippen molar-refractivity contribution in [2.75, 3.05) is 27.0 Å². The number of benzene rings is 2. The molecule has 0 aliphatic carbocycles. The van der Waals surface area contributed by atoms with Gasteiger partial charge in [0.05, 0.1) is 12.7 Å². The molecule has 0 aliphatic heterocycles. The number of carbonyl (C=O) groups is 1. The van der Waals surface area contributed by atoms with Crippen LogP contribution in [0, 0.1) is 0 Å². The molecule has 0 fully saturated rings. The van der Waals surface area contributed by atoms with Gasteiger partial charge in [-0.1, -0.05) is 102 Å². The van der Waals surface area contributed by atoms with E-state index < -0.39 is 30.3 Å². The van der Waals surface area contributed by atoms with Crippen molar-refractivity contribution in [1.82, 2.24) is 0 Å². The second-order valence-corrected chi connectivity index (χ2v) is 22.1. The van der Waals surface area contributed by atoms with E-state index in [0.29, 0.717) is 0 Å². The summed E-state index contributed by atoms with van der Waals surface area (Å²) in [6.45, 7) is 13.5. The normalized spacial score (nSPS) is 13.9. The van der Waals surface area contributed by atoms with Gasteiger partial charge in [-0.05, 0) is 33.5 Å². The lowest BCUT2D eigenvalue weighted by Crippen LogP contribution is -2.67. The summed E-state index contributed by atoms with van der Waals surface area (Å²) < 4.78 is 36.8. The van der Waals surface area contributed by atoms with Crippen LogP contribution in [0.15, 0.2) is 60.7 Å². The van der Waals surface area contributed by atoms with Crippen molar-refractivity contribution in [1.29, 1.82) is 0 Å². The first-order chi connectivity index (χ1) is 17.9. The largest absolute Gasteiger partial charge is 0.411 e. The Balaban J connectivity index is 2.52. The minimum atomic E-state index is -3.47. The standard InChI is InChI=1S/C29H47O6PSi2/c1-9-37(10-2,11-3)35-26(22-25(30)24-36(31,32-7)33-8)23-34-38(29(4,5)6,27-18-14-12-15-19-27)28-20-16-13-17-21-28/h12-21,26H,9-11,22-24H2,1-8H3/t26-/m0/s1. The Hall–Kier alpha value is -1.39. The highest BCUT2D eigenvalue weighted by atomic mass is 31.2. The maximum atomic E-state index is 13.2. The highest BCUT2D eigenvalue weighted by molar-refractivity contribution is 7.54. The molecule has 6 nitrogen and oxygen atoms in total. The number of ketones is 1. The quantitative estimate of drug-likeness (QED) is 0.170. The Morgan fingerprint density at radius 3 is 1.66 bits per heavy atom. The molecule has 212 valence electrons. The Morgan fingerprint density at radius 2 is 1.29 bits per heavy atom. The van der Waals surface area contributed by atoms with Crippen LogP contribution in [0.25, 0.3) is 0 Å². The van der Waals surface area contributed by atoms with Crippen LogP contribution < -0.4 is 10.4 Å². The van der Waals surface area contributed by atoms with Crippen molar-refractivity contribution >= 4 is 40.4 Å². The molecule has 0 aliphatic rings. The summed E-state index contributed by atoms with van der Waals surface area (Å²) in [5.74, 6) is -0.209. The fourth-order valence-electron chi connectivity index (χ4n) is 5.21. The summed E-state index contributed by atoms with van der Waals surface area (Å²) in [5.41, 5.74) is 0. The Labute approximate surface area is 232 Å². The van der Waals surface area contributed by atoms with E-state index in [0.717, 1.165) is 18.1 Å². The van der Waals surface area contributed by atoms with Crippen molar-refractivity contribution in [2.45, 2.75) is 77.2 Å². The molecule has 2 aromatic rings. The summed E-state index contributed by atoms with van der Waals surface area (Å²) in [7, 11) is -5.73. The van der Waals surface area contributed by atoms with E-state index in [-0.39, 0.29) is 30.0 Å². The van der Waals surface area contributed by atoms with Crippen LogP contribution in [0.3, 0.4) is 0 Å². The highest BCUT2D eigenvalue weighted by Crippen LogP contribution is 2.46. The molecule has 0 radical (unpaired) electrons. The number of hydrogen-bond acceptors (Lipinski definition) is 6. The topological polar surface area (TPSA) is 71.1 Å². The Bertz CT molecular complexity index is 982. The van der Waals surface area contributed by atoms with Crippen LogP contribution in [0.2, 0.25) is 23.2 Å². The van der Waals surface area contributed by atoms with Crippen molar-refractivity contribution < 1.29 is 27.3 Å². The lowest BCUT2D eigenvalue weighted by atomic mass is 10.2. The molecule has 0 aromatic heterocycles. The van der Waals surface area contributed by atoms with Gasteiger partial charge in [0.15, 0.2) is 8.32 Å². The van der Waals surface area contributed by atoms with Crippen molar-refractivity contribution in [3.05, 3.63) is 60.7 Å².